The molecule has 0 aromatic carbocycles. The normalized spacial score (nSPS) is 10.8. The standard InChI is InChI=1S/C13H23N3O2S/c1-6-18-12(17)11-10(2)19-13(14-11)16(5)9-7-8-15(3)4/h6-9H2,1-5H3. The lowest BCUT2D eigenvalue weighted by molar-refractivity contribution is 0.0519. The number of nitrogens with zero attached hydrogens (tertiary/aromatic N) is 3. The molecule has 0 amide bonds. The van der Waals surface area contributed by atoms with Crippen LogP contribution in [0.15, 0.2) is 0 Å². The second-order valence-electron chi connectivity index (χ2n) is 4.70. The lowest BCUT2D eigenvalue weighted by atomic mass is 10.4. The minimum atomic E-state index is -0.329. The Balaban J connectivity index is 2.63. The average molecular weight is 285 g/mol. The van der Waals surface area contributed by atoms with Crippen molar-refractivity contribution in [3.63, 3.8) is 0 Å². The fourth-order valence-electron chi connectivity index (χ4n) is 1.65. The van der Waals surface area contributed by atoms with E-state index >= 15 is 0 Å². The lowest BCUT2D eigenvalue weighted by Gasteiger charge is -2.17. The molecule has 108 valence electrons. The van der Waals surface area contributed by atoms with Gasteiger partial charge in [0.15, 0.2) is 10.8 Å². The molecule has 0 N–H and O–H groups in total. The van der Waals surface area contributed by atoms with Crippen molar-refractivity contribution in [1.29, 1.82) is 0 Å². The summed E-state index contributed by atoms with van der Waals surface area (Å²) < 4.78 is 4.99. The molecule has 0 saturated carbocycles. The summed E-state index contributed by atoms with van der Waals surface area (Å²) >= 11 is 1.54. The van der Waals surface area contributed by atoms with E-state index in [-0.39, 0.29) is 5.97 Å². The van der Waals surface area contributed by atoms with Gasteiger partial charge in [-0.2, -0.15) is 0 Å². The van der Waals surface area contributed by atoms with Crippen LogP contribution in [-0.4, -0.2) is 56.7 Å². The molecule has 1 aromatic heterocycles. The summed E-state index contributed by atoms with van der Waals surface area (Å²) in [6.45, 7) is 6.05. The van der Waals surface area contributed by atoms with Crippen molar-refractivity contribution in [2.75, 3.05) is 45.7 Å². The Kier molecular flexibility index (Phi) is 6.24. The molecule has 0 atom stereocenters. The smallest absolute Gasteiger partial charge is 0.358 e. The number of hydrogen-bond acceptors (Lipinski definition) is 6. The number of carbonyl (C=O) groups excluding carboxylic acids is 1. The Morgan fingerprint density at radius 1 is 1.32 bits per heavy atom. The first-order chi connectivity index (χ1) is 8.95. The highest BCUT2D eigenvalue weighted by molar-refractivity contribution is 7.15. The number of carbonyl (C=O) groups is 1. The van der Waals surface area contributed by atoms with Crippen LogP contribution in [0.2, 0.25) is 0 Å². The Bertz CT molecular complexity index is 418. The summed E-state index contributed by atoms with van der Waals surface area (Å²) in [5.41, 5.74) is 0.446. The van der Waals surface area contributed by atoms with Gasteiger partial charge in [-0.15, -0.1) is 11.3 Å². The minimum Gasteiger partial charge on any atom is -0.461 e. The van der Waals surface area contributed by atoms with Crippen LogP contribution in [-0.2, 0) is 4.74 Å². The Labute approximate surface area is 119 Å². The minimum absolute atomic E-state index is 0.329. The van der Waals surface area contributed by atoms with Crippen molar-refractivity contribution in [1.82, 2.24) is 9.88 Å². The van der Waals surface area contributed by atoms with Gasteiger partial charge in [-0.25, -0.2) is 9.78 Å². The molecule has 1 aromatic rings. The maximum atomic E-state index is 11.7. The van der Waals surface area contributed by atoms with Crippen molar-refractivity contribution in [2.45, 2.75) is 20.3 Å². The summed E-state index contributed by atoms with van der Waals surface area (Å²) in [6, 6.07) is 0. The van der Waals surface area contributed by atoms with Crippen LogP contribution < -0.4 is 4.90 Å². The number of thiazole rings is 1. The van der Waals surface area contributed by atoms with Gasteiger partial charge in [-0.05, 0) is 40.9 Å². The largest absolute Gasteiger partial charge is 0.461 e. The fourth-order valence-corrected chi connectivity index (χ4v) is 2.54. The van der Waals surface area contributed by atoms with E-state index < -0.39 is 0 Å². The number of aryl methyl sites for hydroxylation is 1. The van der Waals surface area contributed by atoms with Gasteiger partial charge in [-0.1, -0.05) is 0 Å². The van der Waals surface area contributed by atoms with Gasteiger partial charge >= 0.3 is 5.97 Å². The molecule has 0 aliphatic rings. The number of esters is 1. The third-order valence-electron chi connectivity index (χ3n) is 2.68. The third kappa shape index (κ3) is 4.80. The van der Waals surface area contributed by atoms with Gasteiger partial charge in [0, 0.05) is 18.5 Å². The molecule has 6 heteroatoms. The van der Waals surface area contributed by atoms with Crippen LogP contribution in [0.4, 0.5) is 5.13 Å². The molecule has 5 nitrogen and oxygen atoms in total. The van der Waals surface area contributed by atoms with Gasteiger partial charge in [0.1, 0.15) is 0 Å². The van der Waals surface area contributed by atoms with Crippen molar-refractivity contribution in [3.05, 3.63) is 10.6 Å². The molecule has 19 heavy (non-hydrogen) atoms. The highest BCUT2D eigenvalue weighted by atomic mass is 32.1. The Morgan fingerprint density at radius 3 is 2.58 bits per heavy atom. The summed E-state index contributed by atoms with van der Waals surface area (Å²) in [5, 5.41) is 0.874. The first kappa shape index (κ1) is 15.9. The van der Waals surface area contributed by atoms with Crippen LogP contribution in [0.1, 0.15) is 28.7 Å². The highest BCUT2D eigenvalue weighted by Gasteiger charge is 2.18. The second-order valence-corrected chi connectivity index (χ2v) is 5.88. The fraction of sp³-hybridized carbons (Fsp3) is 0.692. The molecule has 0 aliphatic carbocycles. The van der Waals surface area contributed by atoms with Gasteiger partial charge in [0.25, 0.3) is 0 Å². The van der Waals surface area contributed by atoms with Gasteiger partial charge < -0.3 is 14.5 Å². The van der Waals surface area contributed by atoms with Crippen LogP contribution in [0.3, 0.4) is 0 Å². The van der Waals surface area contributed by atoms with Crippen molar-refractivity contribution in [3.8, 4) is 0 Å². The third-order valence-corrected chi connectivity index (χ3v) is 3.76. The van der Waals surface area contributed by atoms with Crippen molar-refractivity contribution >= 4 is 22.4 Å². The molecule has 0 spiro atoms. The van der Waals surface area contributed by atoms with E-state index in [1.54, 1.807) is 6.92 Å². The number of aromatic nitrogens is 1. The van der Waals surface area contributed by atoms with E-state index in [1.807, 2.05) is 14.0 Å². The first-order valence-electron chi connectivity index (χ1n) is 6.46. The topological polar surface area (TPSA) is 45.7 Å². The maximum Gasteiger partial charge on any atom is 0.358 e. The molecule has 0 saturated heterocycles. The molecule has 0 radical (unpaired) electrons. The number of hydrogen-bond donors (Lipinski definition) is 0. The first-order valence-corrected chi connectivity index (χ1v) is 7.27. The molecule has 1 rings (SSSR count). The van der Waals surface area contributed by atoms with Crippen LogP contribution >= 0.6 is 11.3 Å². The van der Waals surface area contributed by atoms with Crippen LogP contribution in [0, 0.1) is 6.92 Å². The molecule has 0 fully saturated rings. The molecule has 1 heterocycles. The molecular weight excluding hydrogens is 262 g/mol. The number of rotatable bonds is 7. The number of anilines is 1. The zero-order valence-corrected chi connectivity index (χ0v) is 13.2. The van der Waals surface area contributed by atoms with Gasteiger partial charge in [-0.3, -0.25) is 0 Å². The summed E-state index contributed by atoms with van der Waals surface area (Å²) in [6.07, 6.45) is 1.07. The SMILES string of the molecule is CCOC(=O)c1nc(N(C)CCCN(C)C)sc1C. The summed E-state index contributed by atoms with van der Waals surface area (Å²) in [7, 11) is 6.13. The quantitative estimate of drug-likeness (QED) is 0.717. The monoisotopic (exact) mass is 285 g/mol. The zero-order valence-electron chi connectivity index (χ0n) is 12.4. The van der Waals surface area contributed by atoms with E-state index in [9.17, 15) is 4.79 Å². The zero-order chi connectivity index (χ0) is 14.4. The van der Waals surface area contributed by atoms with Crippen LogP contribution in [0.25, 0.3) is 0 Å². The van der Waals surface area contributed by atoms with E-state index in [1.165, 1.54) is 11.3 Å². The van der Waals surface area contributed by atoms with Gasteiger partial charge in [0.05, 0.1) is 6.61 Å². The van der Waals surface area contributed by atoms with Crippen LogP contribution in [0.5, 0.6) is 0 Å². The van der Waals surface area contributed by atoms with Crippen molar-refractivity contribution < 1.29 is 9.53 Å². The maximum absolute atomic E-state index is 11.7. The molecule has 0 aliphatic heterocycles. The highest BCUT2D eigenvalue weighted by Crippen LogP contribution is 2.25. The van der Waals surface area contributed by atoms with E-state index in [0.717, 1.165) is 29.5 Å². The average Bonchev–Trinajstić information content (AvgIpc) is 2.71. The molecule has 0 bridgehead atoms. The Morgan fingerprint density at radius 2 is 2.00 bits per heavy atom. The summed E-state index contributed by atoms with van der Waals surface area (Å²) in [4.78, 5) is 21.2. The van der Waals surface area contributed by atoms with E-state index in [2.05, 4.69) is 28.9 Å². The Hall–Kier alpha value is -1.14. The second kappa shape index (κ2) is 7.45. The summed E-state index contributed by atoms with van der Waals surface area (Å²) in [5.74, 6) is -0.329. The predicted molar refractivity (Wildman–Crippen MR) is 79.2 cm³/mol. The van der Waals surface area contributed by atoms with Crippen molar-refractivity contribution in [2.24, 2.45) is 0 Å². The molecular formula is C13H23N3O2S. The lowest BCUT2D eigenvalue weighted by Crippen LogP contribution is -2.23. The predicted octanol–water partition coefficient (Wildman–Crippen LogP) is 2.02. The van der Waals surface area contributed by atoms with Gasteiger partial charge in [0.2, 0.25) is 0 Å². The van der Waals surface area contributed by atoms with E-state index in [4.69, 9.17) is 4.74 Å². The number of ether oxygens (including phenoxy) is 1. The van der Waals surface area contributed by atoms with E-state index in [0.29, 0.717) is 12.3 Å². The molecule has 0 unspecified atom stereocenters.